The van der Waals surface area contributed by atoms with Gasteiger partial charge in [0.25, 0.3) is 5.91 Å². The molecule has 2 aliphatic rings. The van der Waals surface area contributed by atoms with Gasteiger partial charge >= 0.3 is 0 Å². The van der Waals surface area contributed by atoms with E-state index in [1.165, 1.54) is 4.90 Å². The smallest absolute Gasteiger partial charge is 0.255 e. The molecule has 1 fully saturated rings. The highest BCUT2D eigenvalue weighted by atomic mass is 35.5. The maximum absolute atomic E-state index is 12.6. The molecule has 1 aromatic heterocycles. The number of halogens is 1. The van der Waals surface area contributed by atoms with Gasteiger partial charge in [-0.2, -0.15) is 0 Å². The van der Waals surface area contributed by atoms with Gasteiger partial charge in [0.2, 0.25) is 17.1 Å². The van der Waals surface area contributed by atoms with Crippen LogP contribution in [0.1, 0.15) is 28.8 Å². The van der Waals surface area contributed by atoms with Crippen LogP contribution in [0, 0.1) is 0 Å². The summed E-state index contributed by atoms with van der Waals surface area (Å²) in [6.45, 7) is 0.320. The highest BCUT2D eigenvalue weighted by molar-refractivity contribution is 6.28. The standard InChI is InChI=1S/C17H14ClN5O3/c18-17-19-6-5-13(21-17)20-10-1-2-11-9(7-10)8-23(16(11)26)12-3-4-14(24)22-15(12)25/h1-2,5-7,12H,3-4,8H2,(H,19,20,21)(H,22,24,25). The number of amides is 3. The number of fused-ring (bicyclic) bond motifs is 1. The average Bonchev–Trinajstić information content (AvgIpc) is 2.91. The van der Waals surface area contributed by atoms with Crippen molar-refractivity contribution in [3.8, 4) is 0 Å². The molecule has 0 radical (unpaired) electrons. The molecule has 0 spiro atoms. The normalized spacial score (nSPS) is 19.3. The summed E-state index contributed by atoms with van der Waals surface area (Å²) in [6.07, 6.45) is 2.12. The Morgan fingerprint density at radius 3 is 2.85 bits per heavy atom. The fourth-order valence-electron chi connectivity index (χ4n) is 3.20. The summed E-state index contributed by atoms with van der Waals surface area (Å²) in [7, 11) is 0. The monoisotopic (exact) mass is 371 g/mol. The highest BCUT2D eigenvalue weighted by Crippen LogP contribution is 2.30. The average molecular weight is 372 g/mol. The van der Waals surface area contributed by atoms with E-state index in [-0.39, 0.29) is 23.5 Å². The Labute approximate surface area is 153 Å². The number of rotatable bonds is 3. The minimum absolute atomic E-state index is 0.135. The van der Waals surface area contributed by atoms with Crippen molar-refractivity contribution in [3.63, 3.8) is 0 Å². The number of carbonyl (C=O) groups excluding carboxylic acids is 3. The second kappa shape index (κ2) is 6.38. The summed E-state index contributed by atoms with van der Waals surface area (Å²) in [5.41, 5.74) is 2.11. The van der Waals surface area contributed by atoms with Gasteiger partial charge in [-0.1, -0.05) is 0 Å². The fraction of sp³-hybridized carbons (Fsp3) is 0.235. The number of anilines is 2. The molecule has 2 N–H and O–H groups in total. The maximum atomic E-state index is 12.6. The van der Waals surface area contributed by atoms with Crippen molar-refractivity contribution in [1.82, 2.24) is 20.2 Å². The highest BCUT2D eigenvalue weighted by Gasteiger charge is 2.39. The van der Waals surface area contributed by atoms with Crippen molar-refractivity contribution < 1.29 is 14.4 Å². The number of hydrogen-bond acceptors (Lipinski definition) is 6. The molecule has 0 aliphatic carbocycles. The van der Waals surface area contributed by atoms with Crippen molar-refractivity contribution in [1.29, 1.82) is 0 Å². The molecule has 2 aliphatic heterocycles. The van der Waals surface area contributed by atoms with Crippen LogP contribution < -0.4 is 10.6 Å². The molecule has 2 aromatic rings. The lowest BCUT2D eigenvalue weighted by Gasteiger charge is -2.29. The lowest BCUT2D eigenvalue weighted by molar-refractivity contribution is -0.136. The van der Waals surface area contributed by atoms with Gasteiger partial charge in [0.15, 0.2) is 0 Å². The minimum Gasteiger partial charge on any atom is -0.340 e. The van der Waals surface area contributed by atoms with Gasteiger partial charge < -0.3 is 10.2 Å². The number of benzene rings is 1. The van der Waals surface area contributed by atoms with E-state index < -0.39 is 11.9 Å². The largest absolute Gasteiger partial charge is 0.340 e. The van der Waals surface area contributed by atoms with E-state index >= 15 is 0 Å². The molecule has 132 valence electrons. The Balaban J connectivity index is 1.55. The molecule has 1 atom stereocenters. The number of aromatic nitrogens is 2. The molecule has 0 bridgehead atoms. The van der Waals surface area contributed by atoms with Crippen molar-refractivity contribution >= 4 is 40.8 Å². The van der Waals surface area contributed by atoms with Crippen LogP contribution >= 0.6 is 11.6 Å². The van der Waals surface area contributed by atoms with Gasteiger partial charge in [0.05, 0.1) is 0 Å². The minimum atomic E-state index is -0.621. The first-order chi connectivity index (χ1) is 12.5. The van der Waals surface area contributed by atoms with Crippen LogP contribution in [0.25, 0.3) is 0 Å². The summed E-state index contributed by atoms with van der Waals surface area (Å²) < 4.78 is 0. The second-order valence-corrected chi connectivity index (χ2v) is 6.45. The number of imide groups is 1. The molecule has 1 unspecified atom stereocenters. The second-order valence-electron chi connectivity index (χ2n) is 6.11. The van der Waals surface area contributed by atoms with Crippen LogP contribution in [-0.4, -0.2) is 38.6 Å². The van der Waals surface area contributed by atoms with Crippen LogP contribution in [0.5, 0.6) is 0 Å². The van der Waals surface area contributed by atoms with Gasteiger partial charge in [-0.3, -0.25) is 19.7 Å². The SMILES string of the molecule is O=C1CCC(N2Cc3cc(Nc4ccnc(Cl)n4)ccc3C2=O)C(=O)N1. The topological polar surface area (TPSA) is 104 Å². The van der Waals surface area contributed by atoms with Gasteiger partial charge in [-0.05, 0) is 47.9 Å². The number of piperidine rings is 1. The molecular formula is C17H14ClN5O3. The summed E-state index contributed by atoms with van der Waals surface area (Å²) in [5.74, 6) is -0.385. The van der Waals surface area contributed by atoms with E-state index in [9.17, 15) is 14.4 Å². The summed E-state index contributed by atoms with van der Waals surface area (Å²) in [4.78, 5) is 45.4. The molecule has 1 aromatic carbocycles. The Kier molecular flexibility index (Phi) is 4.04. The third-order valence-electron chi connectivity index (χ3n) is 4.42. The van der Waals surface area contributed by atoms with E-state index in [1.807, 2.05) is 6.07 Å². The quantitative estimate of drug-likeness (QED) is 0.627. The van der Waals surface area contributed by atoms with Crippen LogP contribution in [0.3, 0.4) is 0 Å². The van der Waals surface area contributed by atoms with Gasteiger partial charge in [-0.15, -0.1) is 0 Å². The van der Waals surface area contributed by atoms with E-state index in [0.717, 1.165) is 11.3 Å². The number of carbonyl (C=O) groups is 3. The van der Waals surface area contributed by atoms with Gasteiger partial charge in [0, 0.05) is 30.4 Å². The Bertz CT molecular complexity index is 932. The third-order valence-corrected chi connectivity index (χ3v) is 4.60. The van der Waals surface area contributed by atoms with E-state index in [0.29, 0.717) is 24.3 Å². The first-order valence-corrected chi connectivity index (χ1v) is 8.42. The maximum Gasteiger partial charge on any atom is 0.255 e. The zero-order chi connectivity index (χ0) is 18.3. The van der Waals surface area contributed by atoms with Crippen molar-refractivity contribution in [2.24, 2.45) is 0 Å². The number of nitrogens with zero attached hydrogens (tertiary/aromatic N) is 3. The molecule has 3 heterocycles. The zero-order valence-electron chi connectivity index (χ0n) is 13.5. The molecule has 26 heavy (non-hydrogen) atoms. The Morgan fingerprint density at radius 2 is 2.08 bits per heavy atom. The lowest BCUT2D eigenvalue weighted by Crippen LogP contribution is -2.52. The van der Waals surface area contributed by atoms with Gasteiger partial charge in [-0.25, -0.2) is 9.97 Å². The van der Waals surface area contributed by atoms with Crippen molar-refractivity contribution in [3.05, 3.63) is 46.9 Å². The Hall–Kier alpha value is -3.00. The summed E-state index contributed by atoms with van der Waals surface area (Å²) >= 11 is 5.78. The molecule has 8 nitrogen and oxygen atoms in total. The van der Waals surface area contributed by atoms with Crippen LogP contribution in [0.4, 0.5) is 11.5 Å². The first kappa shape index (κ1) is 16.5. The third kappa shape index (κ3) is 2.99. The molecule has 9 heteroatoms. The predicted molar refractivity (Wildman–Crippen MR) is 92.8 cm³/mol. The number of nitrogens with one attached hydrogen (secondary N) is 2. The first-order valence-electron chi connectivity index (χ1n) is 8.04. The molecule has 0 saturated carbocycles. The van der Waals surface area contributed by atoms with Crippen LogP contribution in [0.2, 0.25) is 5.28 Å². The predicted octanol–water partition coefficient (Wildman–Crippen LogP) is 1.63. The van der Waals surface area contributed by atoms with Crippen molar-refractivity contribution in [2.45, 2.75) is 25.4 Å². The van der Waals surface area contributed by atoms with E-state index in [2.05, 4.69) is 20.6 Å². The Morgan fingerprint density at radius 1 is 1.23 bits per heavy atom. The number of hydrogen-bond donors (Lipinski definition) is 2. The van der Waals surface area contributed by atoms with Gasteiger partial charge in [0.1, 0.15) is 11.9 Å². The fourth-order valence-corrected chi connectivity index (χ4v) is 3.35. The van der Waals surface area contributed by atoms with Crippen LogP contribution in [0.15, 0.2) is 30.5 Å². The van der Waals surface area contributed by atoms with Crippen LogP contribution in [-0.2, 0) is 16.1 Å². The lowest BCUT2D eigenvalue weighted by atomic mass is 10.0. The molecular weight excluding hydrogens is 358 g/mol. The molecule has 1 saturated heterocycles. The van der Waals surface area contributed by atoms with Crippen molar-refractivity contribution in [2.75, 3.05) is 5.32 Å². The van der Waals surface area contributed by atoms with E-state index in [1.54, 1.807) is 24.4 Å². The summed E-state index contributed by atoms with van der Waals surface area (Å²) in [6, 6.07) is 6.38. The molecule has 4 rings (SSSR count). The zero-order valence-corrected chi connectivity index (χ0v) is 14.3. The molecule has 3 amide bonds. The summed E-state index contributed by atoms with van der Waals surface area (Å²) in [5, 5.41) is 5.54. The van der Waals surface area contributed by atoms with E-state index in [4.69, 9.17) is 11.6 Å².